The summed E-state index contributed by atoms with van der Waals surface area (Å²) in [7, 11) is 0. The molecular formula is C7H11F3O2. The highest BCUT2D eigenvalue weighted by atomic mass is 19.3. The van der Waals surface area contributed by atoms with Crippen molar-refractivity contribution in [1.29, 1.82) is 0 Å². The molecule has 12 heavy (non-hydrogen) atoms. The van der Waals surface area contributed by atoms with Gasteiger partial charge >= 0.3 is 6.08 Å². The molecule has 2 N–H and O–H groups in total. The number of aliphatic hydroxyl groups is 2. The molecule has 0 fully saturated rings. The quantitative estimate of drug-likeness (QED) is 0.681. The van der Waals surface area contributed by atoms with E-state index < -0.39 is 24.4 Å². The second-order valence-electron chi connectivity index (χ2n) is 2.37. The van der Waals surface area contributed by atoms with Crippen LogP contribution in [0.5, 0.6) is 0 Å². The van der Waals surface area contributed by atoms with Gasteiger partial charge in [-0.2, -0.15) is 8.78 Å². The predicted molar refractivity (Wildman–Crippen MR) is 37.3 cm³/mol. The van der Waals surface area contributed by atoms with Gasteiger partial charge in [0.2, 0.25) is 0 Å². The molecule has 72 valence electrons. The van der Waals surface area contributed by atoms with Crippen molar-refractivity contribution >= 4 is 0 Å². The van der Waals surface area contributed by atoms with Gasteiger partial charge in [-0.25, -0.2) is 4.39 Å². The molecule has 0 rings (SSSR count). The molecule has 0 saturated heterocycles. The molecule has 0 aliphatic carbocycles. The summed E-state index contributed by atoms with van der Waals surface area (Å²) in [5.74, 6) is -1.49. The Morgan fingerprint density at radius 1 is 1.17 bits per heavy atom. The van der Waals surface area contributed by atoms with Gasteiger partial charge in [0.1, 0.15) is 0 Å². The number of allylic oxidation sites excluding steroid dienone is 1. The number of hydrogen-bond acceptors (Lipinski definition) is 2. The molecule has 0 amide bonds. The van der Waals surface area contributed by atoms with Crippen LogP contribution in [0, 0.1) is 0 Å². The third kappa shape index (κ3) is 5.15. The first-order valence-corrected chi connectivity index (χ1v) is 3.56. The normalized spacial score (nSPS) is 12.8. The number of rotatable bonds is 5. The lowest BCUT2D eigenvalue weighted by atomic mass is 10.1. The molecule has 0 aliphatic rings. The van der Waals surface area contributed by atoms with E-state index in [1.165, 1.54) is 0 Å². The van der Waals surface area contributed by atoms with Gasteiger partial charge in [0, 0.05) is 13.0 Å². The Labute approximate surface area is 68.3 Å². The van der Waals surface area contributed by atoms with Crippen molar-refractivity contribution < 1.29 is 23.4 Å². The van der Waals surface area contributed by atoms with Crippen molar-refractivity contribution in [3.05, 3.63) is 11.9 Å². The minimum atomic E-state index is -2.34. The maximum Gasteiger partial charge on any atom is 0.301 e. The van der Waals surface area contributed by atoms with Crippen LogP contribution in [0.4, 0.5) is 13.2 Å². The monoisotopic (exact) mass is 184 g/mol. The van der Waals surface area contributed by atoms with Gasteiger partial charge in [-0.05, 0) is 12.8 Å². The fourth-order valence-corrected chi connectivity index (χ4v) is 0.681. The minimum Gasteiger partial charge on any atom is -0.396 e. The van der Waals surface area contributed by atoms with Gasteiger partial charge in [0.15, 0.2) is 5.83 Å². The zero-order chi connectivity index (χ0) is 9.56. The van der Waals surface area contributed by atoms with E-state index in [-0.39, 0.29) is 19.4 Å². The number of halogens is 3. The lowest BCUT2D eigenvalue weighted by Gasteiger charge is -2.06. The zero-order valence-corrected chi connectivity index (χ0v) is 6.43. The first-order valence-electron chi connectivity index (χ1n) is 3.56. The molecule has 2 nitrogen and oxygen atoms in total. The summed E-state index contributed by atoms with van der Waals surface area (Å²) in [5, 5.41) is 17.2. The summed E-state index contributed by atoms with van der Waals surface area (Å²) in [5.41, 5.74) is 0. The van der Waals surface area contributed by atoms with Gasteiger partial charge < -0.3 is 10.2 Å². The van der Waals surface area contributed by atoms with Gasteiger partial charge in [0.05, 0.1) is 6.10 Å². The van der Waals surface area contributed by atoms with Crippen molar-refractivity contribution in [3.8, 4) is 0 Å². The number of aliphatic hydroxyl groups excluding tert-OH is 2. The maximum absolute atomic E-state index is 12.1. The molecule has 0 bridgehead atoms. The summed E-state index contributed by atoms with van der Waals surface area (Å²) in [6, 6.07) is 0. The van der Waals surface area contributed by atoms with Crippen LogP contribution in [0.1, 0.15) is 19.3 Å². The highest BCUT2D eigenvalue weighted by Gasteiger charge is 2.08. The topological polar surface area (TPSA) is 40.5 Å². The molecule has 0 aliphatic heterocycles. The van der Waals surface area contributed by atoms with Crippen molar-refractivity contribution in [2.45, 2.75) is 25.4 Å². The Bertz CT molecular complexity index is 155. The second-order valence-corrected chi connectivity index (χ2v) is 2.37. The van der Waals surface area contributed by atoms with E-state index in [1.54, 1.807) is 0 Å². The molecule has 0 aromatic carbocycles. The third-order valence-corrected chi connectivity index (χ3v) is 1.36. The van der Waals surface area contributed by atoms with E-state index in [2.05, 4.69) is 0 Å². The molecule has 0 saturated carbocycles. The molecule has 0 heterocycles. The van der Waals surface area contributed by atoms with Gasteiger partial charge in [-0.15, -0.1) is 0 Å². The van der Waals surface area contributed by atoms with Gasteiger partial charge in [0.25, 0.3) is 0 Å². The van der Waals surface area contributed by atoms with Crippen LogP contribution in [0.3, 0.4) is 0 Å². The predicted octanol–water partition coefficient (Wildman–Crippen LogP) is 1.59. The third-order valence-electron chi connectivity index (χ3n) is 1.36. The Kier molecular flexibility index (Phi) is 5.74. The average Bonchev–Trinajstić information content (AvgIpc) is 2.00. The lowest BCUT2D eigenvalue weighted by Crippen LogP contribution is -2.08. The molecule has 0 aromatic rings. The summed E-state index contributed by atoms with van der Waals surface area (Å²) in [6.07, 6.45) is -3.75. The molecule has 0 unspecified atom stereocenters. The Morgan fingerprint density at radius 3 is 2.17 bits per heavy atom. The zero-order valence-electron chi connectivity index (χ0n) is 6.43. The fourth-order valence-electron chi connectivity index (χ4n) is 0.681. The fraction of sp³-hybridized carbons (Fsp3) is 0.714. The van der Waals surface area contributed by atoms with Crippen molar-refractivity contribution in [2.24, 2.45) is 0 Å². The summed E-state index contributed by atoms with van der Waals surface area (Å²) in [6.45, 7) is -0.232. The Morgan fingerprint density at radius 2 is 1.75 bits per heavy atom. The molecule has 0 radical (unpaired) electrons. The standard InChI is InChI=1S/C7H11F3O2/c8-6(7(9)10)2-1-5(12)3-4-11/h5,11-12H,1-4H2/t5-/m0/s1. The molecule has 5 heteroatoms. The van der Waals surface area contributed by atoms with E-state index in [0.29, 0.717) is 0 Å². The van der Waals surface area contributed by atoms with E-state index in [1.807, 2.05) is 0 Å². The molecule has 1 atom stereocenters. The summed E-state index contributed by atoms with van der Waals surface area (Å²) in [4.78, 5) is 0. The van der Waals surface area contributed by atoms with E-state index in [0.717, 1.165) is 0 Å². The average molecular weight is 184 g/mol. The summed E-state index contributed by atoms with van der Waals surface area (Å²) >= 11 is 0. The van der Waals surface area contributed by atoms with Crippen LogP contribution in [0.25, 0.3) is 0 Å². The first-order chi connectivity index (χ1) is 5.57. The molecule has 0 spiro atoms. The lowest BCUT2D eigenvalue weighted by molar-refractivity contribution is 0.123. The van der Waals surface area contributed by atoms with Crippen molar-refractivity contribution in [2.75, 3.05) is 6.61 Å². The summed E-state index contributed by atoms with van der Waals surface area (Å²) < 4.78 is 35.0. The molecule has 0 aromatic heterocycles. The largest absolute Gasteiger partial charge is 0.396 e. The number of hydrogen-bond donors (Lipinski definition) is 2. The van der Waals surface area contributed by atoms with Crippen LogP contribution in [0.2, 0.25) is 0 Å². The van der Waals surface area contributed by atoms with Gasteiger partial charge in [-0.1, -0.05) is 0 Å². The van der Waals surface area contributed by atoms with E-state index in [4.69, 9.17) is 10.2 Å². The second kappa shape index (κ2) is 6.02. The van der Waals surface area contributed by atoms with Crippen molar-refractivity contribution in [3.63, 3.8) is 0 Å². The smallest absolute Gasteiger partial charge is 0.301 e. The van der Waals surface area contributed by atoms with Crippen molar-refractivity contribution in [1.82, 2.24) is 0 Å². The van der Waals surface area contributed by atoms with Crippen LogP contribution in [-0.4, -0.2) is 22.9 Å². The van der Waals surface area contributed by atoms with Crippen LogP contribution < -0.4 is 0 Å². The van der Waals surface area contributed by atoms with Gasteiger partial charge in [-0.3, -0.25) is 0 Å². The van der Waals surface area contributed by atoms with E-state index >= 15 is 0 Å². The highest BCUT2D eigenvalue weighted by Crippen LogP contribution is 2.16. The van der Waals surface area contributed by atoms with Crippen LogP contribution >= 0.6 is 0 Å². The Hall–Kier alpha value is -0.550. The van der Waals surface area contributed by atoms with E-state index in [9.17, 15) is 13.2 Å². The Balaban J connectivity index is 3.61. The SMILES string of the molecule is OCC[C@@H](O)CCC(F)=C(F)F. The highest BCUT2D eigenvalue weighted by molar-refractivity contribution is 4.91. The first kappa shape index (κ1) is 11.4. The minimum absolute atomic E-state index is 0.0845. The molecular weight excluding hydrogens is 173 g/mol. The maximum atomic E-state index is 12.1. The van der Waals surface area contributed by atoms with Crippen LogP contribution in [-0.2, 0) is 0 Å². The van der Waals surface area contributed by atoms with Crippen LogP contribution in [0.15, 0.2) is 11.9 Å².